The van der Waals surface area contributed by atoms with Crippen LogP contribution in [0.2, 0.25) is 0 Å². The van der Waals surface area contributed by atoms with Crippen molar-refractivity contribution in [2.75, 3.05) is 17.2 Å². The molecule has 0 fully saturated rings. The predicted molar refractivity (Wildman–Crippen MR) is 127 cm³/mol. The maximum absolute atomic E-state index is 12.3. The topological polar surface area (TPSA) is 112 Å². The Kier molecular flexibility index (Phi) is 8.24. The van der Waals surface area contributed by atoms with Gasteiger partial charge in [0, 0.05) is 28.5 Å². The fraction of sp³-hybridized carbons (Fsp3) is 0.240. The summed E-state index contributed by atoms with van der Waals surface area (Å²) in [4.78, 5) is 36.8. The molecule has 2 aromatic carbocycles. The van der Waals surface area contributed by atoms with Crippen molar-refractivity contribution in [3.05, 3.63) is 83.8 Å². The van der Waals surface area contributed by atoms with Gasteiger partial charge >= 0.3 is 0 Å². The van der Waals surface area contributed by atoms with Gasteiger partial charge in [-0.1, -0.05) is 13.0 Å². The molecule has 0 saturated heterocycles. The second kappa shape index (κ2) is 11.5. The number of nitrogens with one attached hydrogen (secondary N) is 4. The Morgan fingerprint density at radius 3 is 2.39 bits per heavy atom. The van der Waals surface area contributed by atoms with Gasteiger partial charge in [-0.15, -0.1) is 0 Å². The van der Waals surface area contributed by atoms with Crippen LogP contribution in [0.3, 0.4) is 0 Å². The van der Waals surface area contributed by atoms with E-state index in [2.05, 4.69) is 21.3 Å². The summed E-state index contributed by atoms with van der Waals surface area (Å²) in [5, 5.41) is 11.5. The molecular formula is C25H28N4O4. The maximum Gasteiger partial charge on any atom is 0.251 e. The van der Waals surface area contributed by atoms with Crippen LogP contribution in [-0.2, 0) is 11.3 Å². The maximum atomic E-state index is 12.3. The van der Waals surface area contributed by atoms with E-state index in [9.17, 15) is 14.4 Å². The molecule has 8 nitrogen and oxygen atoms in total. The van der Waals surface area contributed by atoms with Crippen LogP contribution in [0.5, 0.6) is 0 Å². The zero-order valence-electron chi connectivity index (χ0n) is 18.7. The Morgan fingerprint density at radius 1 is 0.909 bits per heavy atom. The molecule has 8 heteroatoms. The van der Waals surface area contributed by atoms with Crippen LogP contribution in [0.25, 0.3) is 0 Å². The van der Waals surface area contributed by atoms with Crippen LogP contribution in [0.15, 0.2) is 71.3 Å². The zero-order valence-corrected chi connectivity index (χ0v) is 18.7. The van der Waals surface area contributed by atoms with Crippen molar-refractivity contribution in [3.8, 4) is 0 Å². The first kappa shape index (κ1) is 23.6. The van der Waals surface area contributed by atoms with Crippen molar-refractivity contribution >= 4 is 29.1 Å². The lowest BCUT2D eigenvalue weighted by Crippen LogP contribution is -2.31. The minimum atomic E-state index is -0.266. The van der Waals surface area contributed by atoms with Crippen molar-refractivity contribution in [2.24, 2.45) is 0 Å². The molecule has 3 rings (SSSR count). The Labute approximate surface area is 192 Å². The first-order valence-electron chi connectivity index (χ1n) is 10.8. The van der Waals surface area contributed by atoms with Gasteiger partial charge in [0.1, 0.15) is 5.76 Å². The highest BCUT2D eigenvalue weighted by atomic mass is 16.3. The van der Waals surface area contributed by atoms with Gasteiger partial charge in [0.05, 0.1) is 19.4 Å². The molecule has 3 amide bonds. The summed E-state index contributed by atoms with van der Waals surface area (Å²) in [5.74, 6) is 0.00426. The molecule has 0 spiro atoms. The van der Waals surface area contributed by atoms with Gasteiger partial charge in [0.15, 0.2) is 0 Å². The van der Waals surface area contributed by atoms with E-state index in [4.69, 9.17) is 4.42 Å². The first-order valence-corrected chi connectivity index (χ1v) is 10.8. The van der Waals surface area contributed by atoms with Crippen molar-refractivity contribution in [2.45, 2.75) is 32.9 Å². The SMILES string of the molecule is CCC(C)NC(=O)c1ccc(NCC(=O)Nc2cccc(C(=O)NCc3ccco3)c2)cc1. The summed E-state index contributed by atoms with van der Waals surface area (Å²) in [6.07, 6.45) is 2.41. The molecule has 1 atom stereocenters. The molecular weight excluding hydrogens is 420 g/mol. The average Bonchev–Trinajstić information content (AvgIpc) is 3.35. The van der Waals surface area contributed by atoms with Crippen molar-refractivity contribution in [1.82, 2.24) is 10.6 Å². The van der Waals surface area contributed by atoms with E-state index in [0.29, 0.717) is 22.6 Å². The van der Waals surface area contributed by atoms with Gasteiger partial charge in [-0.25, -0.2) is 0 Å². The van der Waals surface area contributed by atoms with Crippen molar-refractivity contribution < 1.29 is 18.8 Å². The Hall–Kier alpha value is -4.07. The lowest BCUT2D eigenvalue weighted by molar-refractivity contribution is -0.114. The van der Waals surface area contributed by atoms with E-state index >= 15 is 0 Å². The summed E-state index contributed by atoms with van der Waals surface area (Å²) in [5.41, 5.74) is 2.23. The van der Waals surface area contributed by atoms with E-state index in [-0.39, 0.29) is 36.9 Å². The third-order valence-corrected chi connectivity index (χ3v) is 5.00. The quantitative estimate of drug-likeness (QED) is 0.377. The van der Waals surface area contributed by atoms with Crippen molar-refractivity contribution in [3.63, 3.8) is 0 Å². The van der Waals surface area contributed by atoms with E-state index in [0.717, 1.165) is 12.1 Å². The molecule has 1 unspecified atom stereocenters. The number of anilines is 2. The van der Waals surface area contributed by atoms with Gasteiger partial charge in [0.2, 0.25) is 5.91 Å². The predicted octanol–water partition coefficient (Wildman–Crippen LogP) is 3.79. The van der Waals surface area contributed by atoms with Crippen LogP contribution in [0.1, 0.15) is 46.7 Å². The summed E-state index contributed by atoms with van der Waals surface area (Å²) in [6, 6.07) is 17.3. The van der Waals surface area contributed by atoms with Crippen LogP contribution < -0.4 is 21.3 Å². The summed E-state index contributed by atoms with van der Waals surface area (Å²) >= 11 is 0. The van der Waals surface area contributed by atoms with Crippen LogP contribution in [0, 0.1) is 0 Å². The van der Waals surface area contributed by atoms with E-state index in [1.165, 1.54) is 0 Å². The molecule has 3 aromatic rings. The number of furan rings is 1. The molecule has 1 heterocycles. The molecule has 0 aliphatic rings. The highest BCUT2D eigenvalue weighted by Gasteiger charge is 2.10. The Balaban J connectivity index is 1.48. The lowest BCUT2D eigenvalue weighted by Gasteiger charge is -2.12. The van der Waals surface area contributed by atoms with E-state index in [1.807, 2.05) is 13.8 Å². The number of rotatable bonds is 10. The van der Waals surface area contributed by atoms with Crippen molar-refractivity contribution in [1.29, 1.82) is 0 Å². The average molecular weight is 449 g/mol. The first-order chi connectivity index (χ1) is 15.9. The number of amides is 3. The molecule has 0 aliphatic carbocycles. The van der Waals surface area contributed by atoms with Crippen LogP contribution in [-0.4, -0.2) is 30.3 Å². The monoisotopic (exact) mass is 448 g/mol. The fourth-order valence-electron chi connectivity index (χ4n) is 2.96. The number of hydrogen-bond acceptors (Lipinski definition) is 5. The molecule has 172 valence electrons. The molecule has 0 saturated carbocycles. The third kappa shape index (κ3) is 7.24. The largest absolute Gasteiger partial charge is 0.467 e. The normalized spacial score (nSPS) is 11.3. The van der Waals surface area contributed by atoms with Gasteiger partial charge < -0.3 is 25.7 Å². The minimum Gasteiger partial charge on any atom is -0.467 e. The molecule has 33 heavy (non-hydrogen) atoms. The van der Waals surface area contributed by atoms with Crippen LogP contribution >= 0.6 is 0 Å². The van der Waals surface area contributed by atoms with Gasteiger partial charge in [-0.3, -0.25) is 14.4 Å². The number of benzene rings is 2. The van der Waals surface area contributed by atoms with Crippen LogP contribution in [0.4, 0.5) is 11.4 Å². The van der Waals surface area contributed by atoms with E-state index in [1.54, 1.807) is 66.9 Å². The second-order valence-corrected chi connectivity index (χ2v) is 7.60. The number of hydrogen-bond donors (Lipinski definition) is 4. The molecule has 0 radical (unpaired) electrons. The Morgan fingerprint density at radius 2 is 1.70 bits per heavy atom. The molecule has 1 aromatic heterocycles. The lowest BCUT2D eigenvalue weighted by atomic mass is 10.1. The summed E-state index contributed by atoms with van der Waals surface area (Å²) < 4.78 is 5.20. The summed E-state index contributed by atoms with van der Waals surface area (Å²) in [6.45, 7) is 4.28. The summed E-state index contributed by atoms with van der Waals surface area (Å²) in [7, 11) is 0. The van der Waals surface area contributed by atoms with Gasteiger partial charge in [0.25, 0.3) is 11.8 Å². The second-order valence-electron chi connectivity index (χ2n) is 7.60. The number of carbonyl (C=O) groups excluding carboxylic acids is 3. The molecule has 0 bridgehead atoms. The van der Waals surface area contributed by atoms with Gasteiger partial charge in [-0.05, 0) is 67.9 Å². The zero-order chi connectivity index (χ0) is 23.6. The highest BCUT2D eigenvalue weighted by molar-refractivity contribution is 5.98. The minimum absolute atomic E-state index is 0.0350. The molecule has 0 aliphatic heterocycles. The number of carbonyl (C=O) groups is 3. The fourth-order valence-corrected chi connectivity index (χ4v) is 2.96. The molecule has 4 N–H and O–H groups in total. The Bertz CT molecular complexity index is 1080. The third-order valence-electron chi connectivity index (χ3n) is 5.00. The van der Waals surface area contributed by atoms with E-state index < -0.39 is 0 Å². The smallest absolute Gasteiger partial charge is 0.251 e. The van der Waals surface area contributed by atoms with Gasteiger partial charge in [-0.2, -0.15) is 0 Å². The highest BCUT2D eigenvalue weighted by Crippen LogP contribution is 2.13. The standard InChI is InChI=1S/C25H28N4O4/c1-3-17(2)28-25(32)18-9-11-20(12-10-18)26-16-23(30)29-21-7-4-6-19(14-21)24(31)27-15-22-8-5-13-33-22/h4-14,17,26H,3,15-16H2,1-2H3,(H,27,31)(H,28,32)(H,29,30).